The summed E-state index contributed by atoms with van der Waals surface area (Å²) in [5.74, 6) is -2.19. The molecule has 0 fully saturated rings. The maximum absolute atomic E-state index is 11.4. The standard InChI is InChI=1S/C19H18O4/c20-18(21)15-6-3-7-16(19(22)23)17(15)11-12-8-9-13-4-1-2-5-14(13)10-12/h3,6-10H,1-2,4-5,11H2,(H,20,21)(H,22,23). The van der Waals surface area contributed by atoms with E-state index in [9.17, 15) is 19.8 Å². The number of hydrogen-bond acceptors (Lipinski definition) is 2. The van der Waals surface area contributed by atoms with E-state index in [-0.39, 0.29) is 11.1 Å². The number of benzene rings is 2. The molecule has 0 unspecified atom stereocenters. The van der Waals surface area contributed by atoms with E-state index >= 15 is 0 Å². The number of fused-ring (bicyclic) bond motifs is 1. The van der Waals surface area contributed by atoms with Crippen LogP contribution in [0, 0.1) is 0 Å². The molecule has 0 saturated carbocycles. The van der Waals surface area contributed by atoms with Crippen molar-refractivity contribution in [1.29, 1.82) is 0 Å². The molecular weight excluding hydrogens is 292 g/mol. The molecule has 4 nitrogen and oxygen atoms in total. The molecule has 0 bridgehead atoms. The normalized spacial score (nSPS) is 13.4. The van der Waals surface area contributed by atoms with Crippen LogP contribution in [0.2, 0.25) is 0 Å². The topological polar surface area (TPSA) is 74.6 Å². The highest BCUT2D eigenvalue weighted by Gasteiger charge is 2.19. The number of carboxylic acid groups (broad SMARTS) is 2. The molecule has 118 valence electrons. The Labute approximate surface area is 134 Å². The van der Waals surface area contributed by atoms with Gasteiger partial charge < -0.3 is 10.2 Å². The lowest BCUT2D eigenvalue weighted by Crippen LogP contribution is -2.11. The first-order valence-corrected chi connectivity index (χ1v) is 7.75. The third-order valence-electron chi connectivity index (χ3n) is 4.43. The van der Waals surface area contributed by atoms with Gasteiger partial charge in [-0.3, -0.25) is 0 Å². The summed E-state index contributed by atoms with van der Waals surface area (Å²) in [5, 5.41) is 18.7. The fourth-order valence-electron chi connectivity index (χ4n) is 3.28. The highest BCUT2D eigenvalue weighted by atomic mass is 16.4. The van der Waals surface area contributed by atoms with E-state index in [2.05, 4.69) is 12.1 Å². The molecule has 0 amide bonds. The maximum Gasteiger partial charge on any atom is 0.336 e. The first kappa shape index (κ1) is 15.3. The largest absolute Gasteiger partial charge is 0.478 e. The lowest BCUT2D eigenvalue weighted by atomic mass is 9.88. The Kier molecular flexibility index (Phi) is 4.15. The van der Waals surface area contributed by atoms with Crippen LogP contribution in [0.1, 0.15) is 55.8 Å². The molecular formula is C19H18O4. The Balaban J connectivity index is 2.02. The van der Waals surface area contributed by atoms with Crippen LogP contribution in [0.25, 0.3) is 0 Å². The number of hydrogen-bond donors (Lipinski definition) is 2. The molecule has 0 radical (unpaired) electrons. The molecule has 4 heteroatoms. The van der Waals surface area contributed by atoms with Crippen molar-refractivity contribution in [2.45, 2.75) is 32.1 Å². The van der Waals surface area contributed by atoms with Crippen molar-refractivity contribution in [2.75, 3.05) is 0 Å². The second kappa shape index (κ2) is 6.24. The van der Waals surface area contributed by atoms with Crippen molar-refractivity contribution in [3.63, 3.8) is 0 Å². The van der Waals surface area contributed by atoms with Crippen molar-refractivity contribution in [1.82, 2.24) is 0 Å². The molecule has 0 heterocycles. The van der Waals surface area contributed by atoms with Crippen LogP contribution >= 0.6 is 0 Å². The van der Waals surface area contributed by atoms with E-state index in [0.29, 0.717) is 12.0 Å². The quantitative estimate of drug-likeness (QED) is 0.905. The molecule has 23 heavy (non-hydrogen) atoms. The van der Waals surface area contributed by atoms with Gasteiger partial charge >= 0.3 is 11.9 Å². The van der Waals surface area contributed by atoms with Gasteiger partial charge in [0.05, 0.1) is 11.1 Å². The van der Waals surface area contributed by atoms with Crippen molar-refractivity contribution < 1.29 is 19.8 Å². The van der Waals surface area contributed by atoms with E-state index in [4.69, 9.17) is 0 Å². The number of aromatic carboxylic acids is 2. The lowest BCUT2D eigenvalue weighted by Gasteiger charge is -2.17. The van der Waals surface area contributed by atoms with Gasteiger partial charge in [0, 0.05) is 0 Å². The van der Waals surface area contributed by atoms with Gasteiger partial charge in [0.1, 0.15) is 0 Å². The van der Waals surface area contributed by atoms with Crippen LogP contribution in [0.4, 0.5) is 0 Å². The molecule has 0 aromatic heterocycles. The number of carboxylic acids is 2. The summed E-state index contributed by atoms with van der Waals surface area (Å²) in [4.78, 5) is 22.9. The highest BCUT2D eigenvalue weighted by molar-refractivity contribution is 5.96. The van der Waals surface area contributed by atoms with Gasteiger partial charge in [-0.05, 0) is 66.5 Å². The minimum Gasteiger partial charge on any atom is -0.478 e. The van der Waals surface area contributed by atoms with E-state index in [1.54, 1.807) is 0 Å². The molecule has 1 aliphatic carbocycles. The number of rotatable bonds is 4. The van der Waals surface area contributed by atoms with Crippen molar-refractivity contribution in [3.05, 3.63) is 69.8 Å². The molecule has 2 aromatic rings. The molecule has 1 aliphatic rings. The van der Waals surface area contributed by atoms with E-state index in [1.165, 1.54) is 42.2 Å². The summed E-state index contributed by atoms with van der Waals surface area (Å²) < 4.78 is 0. The van der Waals surface area contributed by atoms with Gasteiger partial charge in [-0.2, -0.15) is 0 Å². The van der Waals surface area contributed by atoms with Crippen LogP contribution in [0.5, 0.6) is 0 Å². The molecule has 0 saturated heterocycles. The Hall–Kier alpha value is -2.62. The summed E-state index contributed by atoms with van der Waals surface area (Å²) in [7, 11) is 0. The van der Waals surface area contributed by atoms with Gasteiger partial charge in [0.15, 0.2) is 0 Å². The van der Waals surface area contributed by atoms with Gasteiger partial charge in [0.25, 0.3) is 0 Å². The minimum absolute atomic E-state index is 0.0580. The van der Waals surface area contributed by atoms with Crippen molar-refractivity contribution in [3.8, 4) is 0 Å². The van der Waals surface area contributed by atoms with Crippen LogP contribution in [0.15, 0.2) is 36.4 Å². The summed E-state index contributed by atoms with van der Waals surface area (Å²) in [6.45, 7) is 0. The molecule has 0 aliphatic heterocycles. The smallest absolute Gasteiger partial charge is 0.336 e. The Bertz CT molecular complexity index is 745. The fourth-order valence-corrected chi connectivity index (χ4v) is 3.28. The Morgan fingerprint density at radius 3 is 2.09 bits per heavy atom. The molecule has 2 aromatic carbocycles. The molecule has 0 spiro atoms. The third-order valence-corrected chi connectivity index (χ3v) is 4.43. The van der Waals surface area contributed by atoms with Gasteiger partial charge in [-0.25, -0.2) is 9.59 Å². The fraction of sp³-hybridized carbons (Fsp3) is 0.263. The van der Waals surface area contributed by atoms with E-state index < -0.39 is 11.9 Å². The summed E-state index contributed by atoms with van der Waals surface area (Å²) >= 11 is 0. The summed E-state index contributed by atoms with van der Waals surface area (Å²) in [6.07, 6.45) is 4.81. The Morgan fingerprint density at radius 2 is 1.48 bits per heavy atom. The predicted octanol–water partition coefficient (Wildman–Crippen LogP) is 3.55. The zero-order valence-electron chi connectivity index (χ0n) is 12.7. The lowest BCUT2D eigenvalue weighted by molar-refractivity contribution is 0.0696. The van der Waals surface area contributed by atoms with Crippen LogP contribution in [-0.4, -0.2) is 22.2 Å². The SMILES string of the molecule is O=C(O)c1cccc(C(=O)O)c1Cc1ccc2c(c1)CCCC2. The van der Waals surface area contributed by atoms with Crippen LogP contribution in [0.3, 0.4) is 0 Å². The summed E-state index contributed by atoms with van der Waals surface area (Å²) in [5.41, 5.74) is 4.10. The predicted molar refractivity (Wildman–Crippen MR) is 86.3 cm³/mol. The zero-order valence-corrected chi connectivity index (χ0v) is 12.7. The third kappa shape index (κ3) is 3.11. The van der Waals surface area contributed by atoms with Crippen molar-refractivity contribution >= 4 is 11.9 Å². The van der Waals surface area contributed by atoms with Gasteiger partial charge in [-0.15, -0.1) is 0 Å². The molecule has 0 atom stereocenters. The zero-order chi connectivity index (χ0) is 16.4. The van der Waals surface area contributed by atoms with Gasteiger partial charge in [0.2, 0.25) is 0 Å². The van der Waals surface area contributed by atoms with Crippen LogP contribution in [-0.2, 0) is 19.3 Å². The van der Waals surface area contributed by atoms with Crippen LogP contribution < -0.4 is 0 Å². The Morgan fingerprint density at radius 1 is 0.870 bits per heavy atom. The molecule has 2 N–H and O–H groups in total. The highest BCUT2D eigenvalue weighted by Crippen LogP contribution is 2.25. The number of carbonyl (C=O) groups is 2. The minimum atomic E-state index is -1.10. The van der Waals surface area contributed by atoms with E-state index in [1.807, 2.05) is 6.07 Å². The average molecular weight is 310 g/mol. The maximum atomic E-state index is 11.4. The monoisotopic (exact) mass is 310 g/mol. The molecule has 3 rings (SSSR count). The summed E-state index contributed by atoms with van der Waals surface area (Å²) in [6, 6.07) is 10.6. The van der Waals surface area contributed by atoms with Gasteiger partial charge in [-0.1, -0.05) is 24.3 Å². The number of aryl methyl sites for hydroxylation is 2. The van der Waals surface area contributed by atoms with Crippen molar-refractivity contribution in [2.24, 2.45) is 0 Å². The van der Waals surface area contributed by atoms with E-state index in [0.717, 1.165) is 18.4 Å². The first-order chi connectivity index (χ1) is 11.1. The average Bonchev–Trinajstić information content (AvgIpc) is 2.54. The second-order valence-electron chi connectivity index (χ2n) is 5.93. The first-order valence-electron chi connectivity index (χ1n) is 7.75. The second-order valence-corrected chi connectivity index (χ2v) is 5.93.